The number of rotatable bonds is 3. The van der Waals surface area contributed by atoms with Crippen LogP contribution in [0.5, 0.6) is 5.88 Å². The number of ether oxygens (including phenoxy) is 1. The maximum atomic E-state index is 13.6. The second-order valence-electron chi connectivity index (χ2n) is 5.86. The van der Waals surface area contributed by atoms with Crippen molar-refractivity contribution in [3.8, 4) is 5.88 Å². The number of carbonyl (C=O) groups is 1. The molecular formula is C15H15FN4O2S. The van der Waals surface area contributed by atoms with Crippen LogP contribution in [0.2, 0.25) is 0 Å². The monoisotopic (exact) mass is 334 g/mol. The second kappa shape index (κ2) is 5.52. The molecule has 8 heteroatoms. The van der Waals surface area contributed by atoms with Crippen LogP contribution in [0.3, 0.4) is 0 Å². The van der Waals surface area contributed by atoms with E-state index in [1.54, 1.807) is 28.9 Å². The van der Waals surface area contributed by atoms with Crippen molar-refractivity contribution in [3.63, 3.8) is 0 Å². The van der Waals surface area contributed by atoms with Crippen molar-refractivity contribution < 1.29 is 13.9 Å². The zero-order valence-corrected chi connectivity index (χ0v) is 13.1. The smallest absolute Gasteiger partial charge is 0.271 e. The van der Waals surface area contributed by atoms with E-state index < -0.39 is 5.82 Å². The lowest BCUT2D eigenvalue weighted by molar-refractivity contribution is 0.0508. The van der Waals surface area contributed by atoms with E-state index >= 15 is 0 Å². The van der Waals surface area contributed by atoms with Gasteiger partial charge < -0.3 is 9.64 Å². The summed E-state index contributed by atoms with van der Waals surface area (Å²) in [5.41, 5.74) is 0.506. The molecule has 1 amide bonds. The number of nitrogens with zero attached hydrogens (tertiary/aromatic N) is 3. The van der Waals surface area contributed by atoms with Crippen molar-refractivity contribution in [2.24, 2.45) is 0 Å². The molecule has 0 unspecified atom stereocenters. The molecule has 0 saturated carbocycles. The van der Waals surface area contributed by atoms with Crippen LogP contribution >= 0.6 is 11.8 Å². The van der Waals surface area contributed by atoms with Gasteiger partial charge >= 0.3 is 0 Å². The van der Waals surface area contributed by atoms with Crippen LogP contribution in [0.25, 0.3) is 0 Å². The van der Waals surface area contributed by atoms with Gasteiger partial charge in [-0.25, -0.2) is 9.37 Å². The molecule has 0 aromatic carbocycles. The average Bonchev–Trinajstić information content (AvgIpc) is 3.17. The molecule has 0 radical (unpaired) electrons. The Morgan fingerprint density at radius 3 is 3.04 bits per heavy atom. The summed E-state index contributed by atoms with van der Waals surface area (Å²) in [5.74, 6) is 0.360. The van der Waals surface area contributed by atoms with E-state index in [9.17, 15) is 9.18 Å². The predicted octanol–water partition coefficient (Wildman–Crippen LogP) is 1.72. The molecule has 2 aromatic heterocycles. The highest BCUT2D eigenvalue weighted by molar-refractivity contribution is 8.01. The van der Waals surface area contributed by atoms with Gasteiger partial charge in [-0.2, -0.15) is 5.10 Å². The molecule has 23 heavy (non-hydrogen) atoms. The van der Waals surface area contributed by atoms with E-state index in [2.05, 4.69) is 15.2 Å². The Balaban J connectivity index is 1.35. The number of pyridine rings is 1. The number of hydrogen-bond acceptors (Lipinski definition) is 5. The Morgan fingerprint density at radius 2 is 2.30 bits per heavy atom. The fourth-order valence-electron chi connectivity index (χ4n) is 3.05. The molecule has 1 atom stereocenters. The third kappa shape index (κ3) is 2.67. The molecule has 2 aliphatic heterocycles. The average molecular weight is 334 g/mol. The van der Waals surface area contributed by atoms with Crippen LogP contribution in [-0.2, 0) is 0 Å². The fraction of sp³-hybridized carbons (Fsp3) is 0.400. The third-order valence-electron chi connectivity index (χ3n) is 4.15. The summed E-state index contributed by atoms with van der Waals surface area (Å²) in [4.78, 5) is 17.9. The zero-order chi connectivity index (χ0) is 15.9. The van der Waals surface area contributed by atoms with Crippen molar-refractivity contribution in [1.82, 2.24) is 20.1 Å². The SMILES string of the molecule is O=C(c1ccn[nH]1)N1CC2(C[C@@H](Oc3ncccc3F)CS2)C1. The number of amides is 1. The molecule has 2 saturated heterocycles. The van der Waals surface area contributed by atoms with Gasteiger partial charge in [-0.1, -0.05) is 0 Å². The van der Waals surface area contributed by atoms with Crippen molar-refractivity contribution in [1.29, 1.82) is 0 Å². The van der Waals surface area contributed by atoms with E-state index in [4.69, 9.17) is 4.74 Å². The number of carbonyl (C=O) groups excluding carboxylic acids is 1. The minimum Gasteiger partial charge on any atom is -0.471 e. The summed E-state index contributed by atoms with van der Waals surface area (Å²) >= 11 is 1.79. The minimum absolute atomic E-state index is 0.0194. The highest BCUT2D eigenvalue weighted by Gasteiger charge is 2.51. The second-order valence-corrected chi connectivity index (χ2v) is 7.35. The molecule has 2 fully saturated rings. The number of likely N-dealkylation sites (tertiary alicyclic amines) is 1. The molecule has 4 rings (SSSR count). The molecule has 0 aliphatic carbocycles. The quantitative estimate of drug-likeness (QED) is 0.925. The Kier molecular flexibility index (Phi) is 3.48. The van der Waals surface area contributed by atoms with Crippen LogP contribution < -0.4 is 4.74 Å². The highest BCUT2D eigenvalue weighted by atomic mass is 32.2. The van der Waals surface area contributed by atoms with E-state index in [0.29, 0.717) is 18.8 Å². The topological polar surface area (TPSA) is 71.1 Å². The van der Waals surface area contributed by atoms with Crippen molar-refractivity contribution >= 4 is 17.7 Å². The molecule has 2 aliphatic rings. The molecular weight excluding hydrogens is 319 g/mol. The van der Waals surface area contributed by atoms with Gasteiger partial charge in [-0.15, -0.1) is 11.8 Å². The number of nitrogens with one attached hydrogen (secondary N) is 1. The third-order valence-corrected chi connectivity index (χ3v) is 5.73. The van der Waals surface area contributed by atoms with Gasteiger partial charge in [0.2, 0.25) is 0 Å². The number of H-pyrrole nitrogens is 1. The van der Waals surface area contributed by atoms with Gasteiger partial charge in [-0.3, -0.25) is 9.89 Å². The van der Waals surface area contributed by atoms with E-state index in [0.717, 1.165) is 12.2 Å². The first kappa shape index (κ1) is 14.5. The van der Waals surface area contributed by atoms with E-state index in [1.807, 2.05) is 0 Å². The van der Waals surface area contributed by atoms with Gasteiger partial charge in [0, 0.05) is 37.7 Å². The van der Waals surface area contributed by atoms with E-state index in [-0.39, 0.29) is 22.6 Å². The van der Waals surface area contributed by atoms with Gasteiger partial charge in [0.1, 0.15) is 11.8 Å². The Morgan fingerprint density at radius 1 is 1.43 bits per heavy atom. The Labute approximate surface area is 136 Å². The Bertz CT molecular complexity index is 718. The lowest BCUT2D eigenvalue weighted by atomic mass is 9.92. The molecule has 6 nitrogen and oxygen atoms in total. The summed E-state index contributed by atoms with van der Waals surface area (Å²) < 4.78 is 19.3. The first-order valence-electron chi connectivity index (χ1n) is 7.35. The first-order chi connectivity index (χ1) is 11.2. The van der Waals surface area contributed by atoms with E-state index in [1.165, 1.54) is 18.3 Å². The largest absolute Gasteiger partial charge is 0.471 e. The number of aromatic amines is 1. The van der Waals surface area contributed by atoms with Crippen LogP contribution in [0.15, 0.2) is 30.6 Å². The molecule has 2 aromatic rings. The number of aromatic nitrogens is 3. The summed E-state index contributed by atoms with van der Waals surface area (Å²) in [7, 11) is 0. The molecule has 120 valence electrons. The van der Waals surface area contributed by atoms with Gasteiger partial charge in [0.15, 0.2) is 5.82 Å². The van der Waals surface area contributed by atoms with Crippen LogP contribution in [-0.4, -0.2) is 55.7 Å². The number of hydrogen-bond donors (Lipinski definition) is 1. The number of halogens is 1. The maximum absolute atomic E-state index is 13.6. The zero-order valence-electron chi connectivity index (χ0n) is 12.2. The minimum atomic E-state index is -0.442. The van der Waals surface area contributed by atoms with Crippen molar-refractivity contribution in [3.05, 3.63) is 42.1 Å². The summed E-state index contributed by atoms with van der Waals surface area (Å²) in [6.07, 6.45) is 3.80. The van der Waals surface area contributed by atoms with Crippen LogP contribution in [0, 0.1) is 5.82 Å². The summed E-state index contributed by atoms with van der Waals surface area (Å²) in [6.45, 7) is 1.36. The van der Waals surface area contributed by atoms with Gasteiger partial charge in [-0.05, 0) is 18.2 Å². The van der Waals surface area contributed by atoms with Crippen molar-refractivity contribution in [2.45, 2.75) is 17.3 Å². The predicted molar refractivity (Wildman–Crippen MR) is 82.9 cm³/mol. The summed E-state index contributed by atoms with van der Waals surface area (Å²) in [6, 6.07) is 4.55. The van der Waals surface area contributed by atoms with Crippen LogP contribution in [0.1, 0.15) is 16.9 Å². The van der Waals surface area contributed by atoms with Crippen LogP contribution in [0.4, 0.5) is 4.39 Å². The molecule has 1 spiro atoms. The maximum Gasteiger partial charge on any atom is 0.271 e. The lowest BCUT2D eigenvalue weighted by Gasteiger charge is -2.47. The lowest BCUT2D eigenvalue weighted by Crippen LogP contribution is -2.60. The fourth-order valence-corrected chi connectivity index (χ4v) is 4.58. The number of thioether (sulfide) groups is 1. The van der Waals surface area contributed by atoms with Crippen molar-refractivity contribution in [2.75, 3.05) is 18.8 Å². The van der Waals surface area contributed by atoms with Gasteiger partial charge in [0.25, 0.3) is 11.8 Å². The molecule has 1 N–H and O–H groups in total. The standard InChI is InChI=1S/C15H15FN4O2S/c16-11-2-1-4-17-13(11)22-10-6-15(23-7-10)8-20(9-15)14(21)12-3-5-18-19-12/h1-5,10H,6-9H2,(H,18,19)/t10-/m1/s1. The van der Waals surface area contributed by atoms with Gasteiger partial charge in [0.05, 0.1) is 4.75 Å². The highest BCUT2D eigenvalue weighted by Crippen LogP contribution is 2.46. The molecule has 4 heterocycles. The normalized spacial score (nSPS) is 22.1. The molecule has 0 bridgehead atoms. The summed E-state index contributed by atoms with van der Waals surface area (Å²) in [5, 5.41) is 6.49. The first-order valence-corrected chi connectivity index (χ1v) is 8.34. The Hall–Kier alpha value is -2.09.